The maximum atomic E-state index is 11.8. The molecule has 0 atom stereocenters. The number of nitrogens with zero attached hydrogens (tertiary/aromatic N) is 1. The van der Waals surface area contributed by atoms with Crippen molar-refractivity contribution in [3.8, 4) is 0 Å². The van der Waals surface area contributed by atoms with E-state index < -0.39 is 0 Å². The van der Waals surface area contributed by atoms with E-state index in [1.807, 2.05) is 0 Å². The summed E-state index contributed by atoms with van der Waals surface area (Å²) in [6.07, 6.45) is 0. The van der Waals surface area contributed by atoms with Gasteiger partial charge in [0.2, 0.25) is 5.91 Å². The quantitative estimate of drug-likeness (QED) is 0.893. The largest absolute Gasteiger partial charge is 0.375 e. The van der Waals surface area contributed by atoms with Gasteiger partial charge in [0, 0.05) is 13.1 Å². The topological polar surface area (TPSA) is 61.4 Å². The second kappa shape index (κ2) is 5.46. The summed E-state index contributed by atoms with van der Waals surface area (Å²) < 4.78 is 0. The minimum absolute atomic E-state index is 0.00647. The third-order valence-electron chi connectivity index (χ3n) is 2.54. The zero-order valence-electron chi connectivity index (χ0n) is 9.37. The number of hydrogen-bond acceptors (Lipinski definition) is 3. The van der Waals surface area contributed by atoms with E-state index in [1.165, 1.54) is 0 Å². The molecular weight excluding hydrogens is 277 g/mol. The highest BCUT2D eigenvalue weighted by molar-refractivity contribution is 6.43. The molecule has 1 aromatic rings. The van der Waals surface area contributed by atoms with Crippen LogP contribution in [0, 0.1) is 0 Å². The zero-order valence-corrected chi connectivity index (χ0v) is 10.9. The molecule has 7 heteroatoms. The SMILES string of the molecule is O=C(CNc1cccc(Cl)c1Cl)N1CCNC1=O. The van der Waals surface area contributed by atoms with Gasteiger partial charge in [-0.3, -0.25) is 9.69 Å². The monoisotopic (exact) mass is 287 g/mol. The van der Waals surface area contributed by atoms with Crippen LogP contribution in [0.15, 0.2) is 18.2 Å². The van der Waals surface area contributed by atoms with Crippen molar-refractivity contribution in [3.63, 3.8) is 0 Å². The molecule has 0 spiro atoms. The second-order valence-corrected chi connectivity index (χ2v) is 4.52. The third kappa shape index (κ3) is 2.68. The van der Waals surface area contributed by atoms with Crippen molar-refractivity contribution in [1.29, 1.82) is 0 Å². The molecule has 18 heavy (non-hydrogen) atoms. The van der Waals surface area contributed by atoms with Crippen LogP contribution in [0.25, 0.3) is 0 Å². The minimum Gasteiger partial charge on any atom is -0.375 e. The highest BCUT2D eigenvalue weighted by Gasteiger charge is 2.25. The number of hydrogen-bond donors (Lipinski definition) is 2. The molecule has 0 radical (unpaired) electrons. The Bertz CT molecular complexity index is 493. The first-order chi connectivity index (χ1) is 8.59. The van der Waals surface area contributed by atoms with Gasteiger partial charge in [-0.15, -0.1) is 0 Å². The molecule has 5 nitrogen and oxygen atoms in total. The van der Waals surface area contributed by atoms with E-state index in [0.29, 0.717) is 28.8 Å². The van der Waals surface area contributed by atoms with Gasteiger partial charge in [-0.1, -0.05) is 29.3 Å². The van der Waals surface area contributed by atoms with E-state index in [9.17, 15) is 9.59 Å². The van der Waals surface area contributed by atoms with Gasteiger partial charge in [0.15, 0.2) is 0 Å². The van der Waals surface area contributed by atoms with Crippen molar-refractivity contribution >= 4 is 40.8 Å². The van der Waals surface area contributed by atoms with Gasteiger partial charge in [-0.2, -0.15) is 0 Å². The van der Waals surface area contributed by atoms with Crippen LogP contribution in [0.2, 0.25) is 10.0 Å². The molecule has 1 saturated heterocycles. The normalized spacial score (nSPS) is 14.6. The lowest BCUT2D eigenvalue weighted by atomic mass is 10.3. The summed E-state index contributed by atoms with van der Waals surface area (Å²) in [6.45, 7) is 0.874. The summed E-state index contributed by atoms with van der Waals surface area (Å²) in [4.78, 5) is 24.2. The van der Waals surface area contributed by atoms with E-state index in [1.54, 1.807) is 18.2 Å². The molecule has 1 aromatic carbocycles. The average molecular weight is 288 g/mol. The van der Waals surface area contributed by atoms with Crippen LogP contribution >= 0.6 is 23.2 Å². The molecular formula is C11H11Cl2N3O2. The zero-order chi connectivity index (χ0) is 13.1. The summed E-state index contributed by atoms with van der Waals surface area (Å²) in [5.41, 5.74) is 0.567. The Labute approximate surface area is 114 Å². The number of amides is 3. The first kappa shape index (κ1) is 13.0. The minimum atomic E-state index is -0.362. The predicted molar refractivity (Wildman–Crippen MR) is 70.1 cm³/mol. The Morgan fingerprint density at radius 3 is 2.89 bits per heavy atom. The Morgan fingerprint density at radius 1 is 1.44 bits per heavy atom. The van der Waals surface area contributed by atoms with Gasteiger partial charge < -0.3 is 10.6 Å². The lowest BCUT2D eigenvalue weighted by molar-refractivity contribution is -0.125. The molecule has 0 bridgehead atoms. The first-order valence-electron chi connectivity index (χ1n) is 5.35. The number of rotatable bonds is 3. The van der Waals surface area contributed by atoms with Crippen molar-refractivity contribution in [3.05, 3.63) is 28.2 Å². The van der Waals surface area contributed by atoms with E-state index in [-0.39, 0.29) is 18.5 Å². The average Bonchev–Trinajstić information content (AvgIpc) is 2.77. The smallest absolute Gasteiger partial charge is 0.324 e. The van der Waals surface area contributed by atoms with Crippen molar-refractivity contribution in [1.82, 2.24) is 10.2 Å². The maximum Gasteiger partial charge on any atom is 0.324 e. The van der Waals surface area contributed by atoms with Crippen LogP contribution in [-0.2, 0) is 4.79 Å². The summed E-state index contributed by atoms with van der Waals surface area (Å²) in [5.74, 6) is -0.305. The summed E-state index contributed by atoms with van der Waals surface area (Å²) in [5, 5.41) is 6.19. The predicted octanol–water partition coefficient (Wildman–Crippen LogP) is 1.96. The fourth-order valence-electron chi connectivity index (χ4n) is 1.62. The van der Waals surface area contributed by atoms with Gasteiger partial charge in [-0.05, 0) is 12.1 Å². The fraction of sp³-hybridized carbons (Fsp3) is 0.273. The molecule has 1 fully saturated rings. The van der Waals surface area contributed by atoms with Crippen LogP contribution < -0.4 is 10.6 Å². The molecule has 1 heterocycles. The second-order valence-electron chi connectivity index (χ2n) is 3.73. The molecule has 3 amide bonds. The third-order valence-corrected chi connectivity index (χ3v) is 3.36. The molecule has 0 saturated carbocycles. The summed E-state index contributed by atoms with van der Waals surface area (Å²) in [6, 6.07) is 4.74. The molecule has 2 N–H and O–H groups in total. The van der Waals surface area contributed by atoms with Crippen molar-refractivity contribution < 1.29 is 9.59 Å². The number of halogens is 2. The number of carbonyl (C=O) groups is 2. The molecule has 0 unspecified atom stereocenters. The number of anilines is 1. The molecule has 2 rings (SSSR count). The molecule has 0 aliphatic carbocycles. The summed E-state index contributed by atoms with van der Waals surface area (Å²) in [7, 11) is 0. The van der Waals surface area contributed by atoms with Crippen LogP contribution in [-0.4, -0.2) is 36.5 Å². The van der Waals surface area contributed by atoms with Crippen LogP contribution in [0.5, 0.6) is 0 Å². The van der Waals surface area contributed by atoms with Gasteiger partial charge in [0.1, 0.15) is 0 Å². The van der Waals surface area contributed by atoms with Gasteiger partial charge in [-0.25, -0.2) is 4.79 Å². The number of imide groups is 1. The molecule has 96 valence electrons. The Morgan fingerprint density at radius 2 is 2.22 bits per heavy atom. The van der Waals surface area contributed by atoms with Crippen molar-refractivity contribution in [2.24, 2.45) is 0 Å². The first-order valence-corrected chi connectivity index (χ1v) is 6.11. The Kier molecular flexibility index (Phi) is 3.93. The summed E-state index contributed by atoms with van der Waals surface area (Å²) >= 11 is 11.8. The number of nitrogens with one attached hydrogen (secondary N) is 2. The molecule has 1 aliphatic rings. The van der Waals surface area contributed by atoms with Crippen LogP contribution in [0.1, 0.15) is 0 Å². The van der Waals surface area contributed by atoms with Crippen molar-refractivity contribution in [2.45, 2.75) is 0 Å². The van der Waals surface area contributed by atoms with Crippen molar-refractivity contribution in [2.75, 3.05) is 25.0 Å². The molecule has 1 aliphatic heterocycles. The number of urea groups is 1. The standard InChI is InChI=1S/C11H11Cl2N3O2/c12-7-2-1-3-8(10(7)13)15-6-9(17)16-5-4-14-11(16)18/h1-3,15H,4-6H2,(H,14,18). The Balaban J connectivity index is 1.97. The number of benzene rings is 1. The van der Waals surface area contributed by atoms with Gasteiger partial charge >= 0.3 is 6.03 Å². The lowest BCUT2D eigenvalue weighted by Crippen LogP contribution is -2.38. The van der Waals surface area contributed by atoms with E-state index in [2.05, 4.69) is 10.6 Å². The van der Waals surface area contributed by atoms with E-state index in [0.717, 1.165) is 4.90 Å². The van der Waals surface area contributed by atoms with Crippen LogP contribution in [0.4, 0.5) is 10.5 Å². The lowest BCUT2D eigenvalue weighted by Gasteiger charge is -2.14. The fourth-order valence-corrected chi connectivity index (χ4v) is 1.98. The number of carbonyl (C=O) groups excluding carboxylic acids is 2. The van der Waals surface area contributed by atoms with Gasteiger partial charge in [0.05, 0.1) is 22.3 Å². The van der Waals surface area contributed by atoms with Gasteiger partial charge in [0.25, 0.3) is 0 Å². The highest BCUT2D eigenvalue weighted by Crippen LogP contribution is 2.29. The van der Waals surface area contributed by atoms with Crippen LogP contribution in [0.3, 0.4) is 0 Å². The molecule has 0 aromatic heterocycles. The highest BCUT2D eigenvalue weighted by atomic mass is 35.5. The van der Waals surface area contributed by atoms with E-state index in [4.69, 9.17) is 23.2 Å². The van der Waals surface area contributed by atoms with E-state index >= 15 is 0 Å². The Hall–Kier alpha value is -1.46. The maximum absolute atomic E-state index is 11.8.